The minimum atomic E-state index is -3.60. The molecule has 160 valence electrons. The SMILES string of the molecule is O=S(=O)(c1ccc2c(c1)OCCO2)N1CCCC2(CCCN(c3ncccn3)C2)C1. The number of hydrogen-bond acceptors (Lipinski definition) is 7. The average Bonchev–Trinajstić information content (AvgIpc) is 2.79. The summed E-state index contributed by atoms with van der Waals surface area (Å²) in [5.74, 6) is 1.82. The summed E-state index contributed by atoms with van der Waals surface area (Å²) >= 11 is 0. The highest BCUT2D eigenvalue weighted by Gasteiger charge is 2.43. The molecule has 1 aromatic carbocycles. The summed E-state index contributed by atoms with van der Waals surface area (Å²) < 4.78 is 39.7. The van der Waals surface area contributed by atoms with Crippen molar-refractivity contribution < 1.29 is 17.9 Å². The van der Waals surface area contributed by atoms with Crippen LogP contribution in [0.2, 0.25) is 0 Å². The topological polar surface area (TPSA) is 84.9 Å². The van der Waals surface area contributed by atoms with Gasteiger partial charge in [-0.15, -0.1) is 0 Å². The first-order chi connectivity index (χ1) is 14.6. The van der Waals surface area contributed by atoms with Gasteiger partial charge < -0.3 is 14.4 Å². The normalized spacial score (nSPS) is 24.7. The molecular weight excluding hydrogens is 404 g/mol. The summed E-state index contributed by atoms with van der Waals surface area (Å²) in [5, 5.41) is 0. The highest BCUT2D eigenvalue weighted by molar-refractivity contribution is 7.89. The van der Waals surface area contributed by atoms with Gasteiger partial charge in [0.15, 0.2) is 11.5 Å². The molecule has 3 aliphatic heterocycles. The molecule has 1 spiro atoms. The van der Waals surface area contributed by atoms with Crippen molar-refractivity contribution in [2.24, 2.45) is 5.41 Å². The highest BCUT2D eigenvalue weighted by Crippen LogP contribution is 2.41. The van der Waals surface area contributed by atoms with Crippen LogP contribution in [-0.2, 0) is 10.0 Å². The third-order valence-electron chi connectivity index (χ3n) is 6.27. The molecule has 0 saturated carbocycles. The fourth-order valence-electron chi connectivity index (χ4n) is 4.87. The molecule has 2 fully saturated rings. The summed E-state index contributed by atoms with van der Waals surface area (Å²) in [6.07, 6.45) is 7.41. The van der Waals surface area contributed by atoms with E-state index >= 15 is 0 Å². The molecule has 0 bridgehead atoms. The first kappa shape index (κ1) is 19.6. The van der Waals surface area contributed by atoms with Crippen molar-refractivity contribution >= 4 is 16.0 Å². The number of aromatic nitrogens is 2. The van der Waals surface area contributed by atoms with Crippen LogP contribution in [-0.4, -0.2) is 62.1 Å². The third-order valence-corrected chi connectivity index (χ3v) is 8.12. The van der Waals surface area contributed by atoms with E-state index in [-0.39, 0.29) is 10.3 Å². The van der Waals surface area contributed by atoms with Gasteiger partial charge in [-0.2, -0.15) is 4.31 Å². The quantitative estimate of drug-likeness (QED) is 0.739. The summed E-state index contributed by atoms with van der Waals surface area (Å²) in [4.78, 5) is 11.3. The van der Waals surface area contributed by atoms with Gasteiger partial charge in [0.05, 0.1) is 4.90 Å². The second-order valence-corrected chi connectivity index (χ2v) is 10.3. The molecule has 30 heavy (non-hydrogen) atoms. The van der Waals surface area contributed by atoms with Crippen LogP contribution >= 0.6 is 0 Å². The third kappa shape index (κ3) is 3.60. The minimum absolute atomic E-state index is 0.0728. The Morgan fingerprint density at radius 1 is 0.933 bits per heavy atom. The Bertz CT molecular complexity index is 1010. The standard InChI is InChI=1S/C21H26N4O4S/c26-30(27,17-4-5-18-19(14-17)29-13-12-28-18)25-11-2-7-21(16-25)6-1-10-24(15-21)20-22-8-3-9-23-20/h3-5,8-9,14H,1-2,6-7,10-13,15-16H2. The summed E-state index contributed by atoms with van der Waals surface area (Å²) in [7, 11) is -3.60. The Kier molecular flexibility index (Phi) is 5.02. The van der Waals surface area contributed by atoms with Crippen molar-refractivity contribution in [3.63, 3.8) is 0 Å². The lowest BCUT2D eigenvalue weighted by atomic mass is 9.74. The molecule has 8 nitrogen and oxygen atoms in total. The molecule has 1 atom stereocenters. The number of nitrogens with zero attached hydrogens (tertiary/aromatic N) is 4. The van der Waals surface area contributed by atoms with Crippen LogP contribution in [0.5, 0.6) is 11.5 Å². The van der Waals surface area contributed by atoms with E-state index in [9.17, 15) is 8.42 Å². The molecule has 2 aromatic rings. The van der Waals surface area contributed by atoms with Gasteiger partial charge in [0, 0.05) is 50.1 Å². The maximum absolute atomic E-state index is 13.4. The summed E-state index contributed by atoms with van der Waals surface area (Å²) in [6, 6.07) is 6.72. The molecule has 3 aliphatic rings. The van der Waals surface area contributed by atoms with Gasteiger partial charge in [0.1, 0.15) is 13.2 Å². The van der Waals surface area contributed by atoms with Crippen LogP contribution in [0.1, 0.15) is 25.7 Å². The van der Waals surface area contributed by atoms with E-state index in [1.54, 1.807) is 34.9 Å². The number of benzene rings is 1. The first-order valence-corrected chi connectivity index (χ1v) is 11.9. The predicted octanol–water partition coefficient (Wildman–Crippen LogP) is 2.32. The van der Waals surface area contributed by atoms with Gasteiger partial charge in [-0.05, 0) is 43.9 Å². The van der Waals surface area contributed by atoms with Crippen molar-refractivity contribution in [2.45, 2.75) is 30.6 Å². The number of hydrogen-bond donors (Lipinski definition) is 0. The van der Waals surface area contributed by atoms with Crippen LogP contribution in [0.3, 0.4) is 0 Å². The fraction of sp³-hybridized carbons (Fsp3) is 0.524. The van der Waals surface area contributed by atoms with Gasteiger partial charge in [0.25, 0.3) is 0 Å². The molecule has 9 heteroatoms. The van der Waals surface area contributed by atoms with Crippen molar-refractivity contribution in [1.82, 2.24) is 14.3 Å². The van der Waals surface area contributed by atoms with Gasteiger partial charge in [-0.3, -0.25) is 0 Å². The molecule has 0 aliphatic carbocycles. The Hall–Kier alpha value is -2.39. The largest absolute Gasteiger partial charge is 0.486 e. The molecule has 2 saturated heterocycles. The van der Waals surface area contributed by atoms with Crippen molar-refractivity contribution in [2.75, 3.05) is 44.3 Å². The maximum atomic E-state index is 13.4. The highest BCUT2D eigenvalue weighted by atomic mass is 32.2. The zero-order valence-corrected chi connectivity index (χ0v) is 17.7. The fourth-order valence-corrected chi connectivity index (χ4v) is 6.47. The zero-order chi connectivity index (χ0) is 20.6. The number of ether oxygens (including phenoxy) is 2. The van der Waals surface area contributed by atoms with Crippen LogP contribution in [0.15, 0.2) is 41.6 Å². The van der Waals surface area contributed by atoms with Crippen LogP contribution < -0.4 is 14.4 Å². The number of piperidine rings is 2. The van der Waals surface area contributed by atoms with Crippen molar-refractivity contribution in [3.05, 3.63) is 36.7 Å². The molecule has 4 heterocycles. The zero-order valence-electron chi connectivity index (χ0n) is 16.9. The number of fused-ring (bicyclic) bond motifs is 1. The van der Waals surface area contributed by atoms with Gasteiger partial charge in [0.2, 0.25) is 16.0 Å². The molecule has 0 radical (unpaired) electrons. The molecule has 5 rings (SSSR count). The Labute approximate surface area is 176 Å². The van der Waals surface area contributed by atoms with E-state index in [0.717, 1.165) is 44.7 Å². The van der Waals surface area contributed by atoms with Crippen LogP contribution in [0.4, 0.5) is 5.95 Å². The van der Waals surface area contributed by atoms with Crippen LogP contribution in [0.25, 0.3) is 0 Å². The molecule has 1 unspecified atom stereocenters. The van der Waals surface area contributed by atoms with Gasteiger partial charge >= 0.3 is 0 Å². The molecular formula is C21H26N4O4S. The average molecular weight is 431 g/mol. The van der Waals surface area contributed by atoms with E-state index in [1.165, 1.54) is 0 Å². The monoisotopic (exact) mass is 430 g/mol. The Morgan fingerprint density at radius 3 is 2.47 bits per heavy atom. The number of sulfonamides is 1. The number of anilines is 1. The molecule has 0 amide bonds. The van der Waals surface area contributed by atoms with E-state index in [0.29, 0.717) is 37.8 Å². The first-order valence-electron chi connectivity index (χ1n) is 10.5. The van der Waals surface area contributed by atoms with Gasteiger partial charge in [-0.1, -0.05) is 0 Å². The summed E-state index contributed by atoms with van der Waals surface area (Å²) in [6.45, 7) is 3.66. The van der Waals surface area contributed by atoms with E-state index in [2.05, 4.69) is 14.9 Å². The van der Waals surface area contributed by atoms with Crippen molar-refractivity contribution in [1.29, 1.82) is 0 Å². The smallest absolute Gasteiger partial charge is 0.243 e. The Morgan fingerprint density at radius 2 is 1.67 bits per heavy atom. The van der Waals surface area contributed by atoms with Crippen LogP contribution in [0, 0.1) is 5.41 Å². The number of rotatable bonds is 3. The predicted molar refractivity (Wildman–Crippen MR) is 111 cm³/mol. The lowest BCUT2D eigenvalue weighted by Crippen LogP contribution is -2.54. The summed E-state index contributed by atoms with van der Waals surface area (Å²) in [5.41, 5.74) is -0.0728. The maximum Gasteiger partial charge on any atom is 0.243 e. The lowest BCUT2D eigenvalue weighted by molar-refractivity contribution is 0.122. The minimum Gasteiger partial charge on any atom is -0.486 e. The second kappa shape index (κ2) is 7.70. The van der Waals surface area contributed by atoms with Gasteiger partial charge in [-0.25, -0.2) is 18.4 Å². The van der Waals surface area contributed by atoms with E-state index in [1.807, 2.05) is 6.07 Å². The van der Waals surface area contributed by atoms with Crippen molar-refractivity contribution in [3.8, 4) is 11.5 Å². The lowest BCUT2D eigenvalue weighted by Gasteiger charge is -2.48. The molecule has 1 aromatic heterocycles. The second-order valence-electron chi connectivity index (χ2n) is 8.32. The van der Waals surface area contributed by atoms with E-state index < -0.39 is 10.0 Å². The Balaban J connectivity index is 1.38. The molecule has 0 N–H and O–H groups in total. The van der Waals surface area contributed by atoms with E-state index in [4.69, 9.17) is 9.47 Å².